The molecule has 0 saturated heterocycles. The van der Waals surface area contributed by atoms with Crippen LogP contribution < -0.4 is 0 Å². The molecule has 1 nitrogen and oxygen atoms in total. The summed E-state index contributed by atoms with van der Waals surface area (Å²) in [5, 5.41) is 8.75. The van der Waals surface area contributed by atoms with Gasteiger partial charge in [0.05, 0.1) is 12.0 Å². The second kappa shape index (κ2) is 2.60. The van der Waals surface area contributed by atoms with E-state index >= 15 is 0 Å². The van der Waals surface area contributed by atoms with Gasteiger partial charge in [0, 0.05) is 10.6 Å². The highest BCUT2D eigenvalue weighted by molar-refractivity contribution is 7.99. The van der Waals surface area contributed by atoms with E-state index in [9.17, 15) is 0 Å². The van der Waals surface area contributed by atoms with Crippen LogP contribution in [-0.4, -0.2) is 5.75 Å². The number of benzene rings is 1. The van der Waals surface area contributed by atoms with Crippen molar-refractivity contribution in [1.82, 2.24) is 0 Å². The van der Waals surface area contributed by atoms with E-state index in [1.807, 2.05) is 18.2 Å². The summed E-state index contributed by atoms with van der Waals surface area (Å²) >= 11 is 1.78. The Morgan fingerprint density at radius 2 is 2.27 bits per heavy atom. The predicted molar refractivity (Wildman–Crippen MR) is 45.5 cm³/mol. The molecule has 1 aromatic carbocycles. The first-order chi connectivity index (χ1) is 5.42. The first-order valence-corrected chi connectivity index (χ1v) is 4.51. The SMILES string of the molecule is N#C[C@@H]1CSc2ccccc21. The van der Waals surface area contributed by atoms with Crippen LogP contribution in [0.4, 0.5) is 0 Å². The van der Waals surface area contributed by atoms with Crippen LogP contribution in [0.5, 0.6) is 0 Å². The first-order valence-electron chi connectivity index (χ1n) is 3.53. The molecule has 54 valence electrons. The molecular weight excluding hydrogens is 154 g/mol. The van der Waals surface area contributed by atoms with E-state index in [-0.39, 0.29) is 5.92 Å². The van der Waals surface area contributed by atoms with Gasteiger partial charge in [0.25, 0.3) is 0 Å². The molecule has 1 heterocycles. The molecule has 0 fully saturated rings. The minimum atomic E-state index is 0.121. The van der Waals surface area contributed by atoms with Crippen LogP contribution in [-0.2, 0) is 0 Å². The zero-order valence-electron chi connectivity index (χ0n) is 5.95. The average molecular weight is 161 g/mol. The molecule has 0 amide bonds. The second-order valence-corrected chi connectivity index (χ2v) is 3.59. The normalized spacial score (nSPS) is 20.8. The maximum atomic E-state index is 8.75. The van der Waals surface area contributed by atoms with E-state index < -0.39 is 0 Å². The number of nitrogens with zero attached hydrogens (tertiary/aromatic N) is 1. The molecule has 0 unspecified atom stereocenters. The molecular formula is C9H7NS. The molecule has 2 rings (SSSR count). The van der Waals surface area contributed by atoms with Crippen molar-refractivity contribution in [3.8, 4) is 6.07 Å². The lowest BCUT2D eigenvalue weighted by molar-refractivity contribution is 0.996. The fourth-order valence-electron chi connectivity index (χ4n) is 1.27. The van der Waals surface area contributed by atoms with Crippen molar-refractivity contribution in [2.45, 2.75) is 10.8 Å². The third kappa shape index (κ3) is 1.02. The Bertz CT molecular complexity index is 314. The Hall–Kier alpha value is -0.940. The summed E-state index contributed by atoms with van der Waals surface area (Å²) in [4.78, 5) is 1.28. The predicted octanol–water partition coefficient (Wildman–Crippen LogP) is 2.40. The third-order valence-electron chi connectivity index (χ3n) is 1.86. The second-order valence-electron chi connectivity index (χ2n) is 2.53. The Labute approximate surface area is 70.0 Å². The monoisotopic (exact) mass is 161 g/mol. The van der Waals surface area contributed by atoms with Crippen LogP contribution in [0.25, 0.3) is 0 Å². The third-order valence-corrected chi connectivity index (χ3v) is 3.04. The zero-order chi connectivity index (χ0) is 7.68. The lowest BCUT2D eigenvalue weighted by Crippen LogP contribution is -1.90. The van der Waals surface area contributed by atoms with Crippen molar-refractivity contribution in [1.29, 1.82) is 5.26 Å². The highest BCUT2D eigenvalue weighted by Gasteiger charge is 2.21. The Balaban J connectivity index is 2.49. The van der Waals surface area contributed by atoms with Crippen molar-refractivity contribution < 1.29 is 0 Å². The number of nitriles is 1. The molecule has 0 aliphatic carbocycles. The smallest absolute Gasteiger partial charge is 0.0817 e. The lowest BCUT2D eigenvalue weighted by Gasteiger charge is -1.97. The summed E-state index contributed by atoms with van der Waals surface area (Å²) in [6.45, 7) is 0. The molecule has 0 spiro atoms. The van der Waals surface area contributed by atoms with Gasteiger partial charge in [-0.15, -0.1) is 11.8 Å². The van der Waals surface area contributed by atoms with Gasteiger partial charge in [-0.05, 0) is 11.6 Å². The van der Waals surface area contributed by atoms with E-state index in [0.29, 0.717) is 0 Å². The largest absolute Gasteiger partial charge is 0.198 e. The van der Waals surface area contributed by atoms with Crippen LogP contribution in [0.1, 0.15) is 11.5 Å². The van der Waals surface area contributed by atoms with Gasteiger partial charge in [0.15, 0.2) is 0 Å². The first kappa shape index (κ1) is 6.75. The summed E-state index contributed by atoms with van der Waals surface area (Å²) < 4.78 is 0. The maximum absolute atomic E-state index is 8.75. The van der Waals surface area contributed by atoms with E-state index in [2.05, 4.69) is 12.1 Å². The summed E-state index contributed by atoms with van der Waals surface area (Å²) in [7, 11) is 0. The van der Waals surface area contributed by atoms with E-state index in [0.717, 1.165) is 5.75 Å². The van der Waals surface area contributed by atoms with E-state index in [1.165, 1.54) is 10.5 Å². The molecule has 0 aromatic heterocycles. The van der Waals surface area contributed by atoms with Gasteiger partial charge >= 0.3 is 0 Å². The molecule has 1 aromatic rings. The standard InChI is InChI=1S/C9H7NS/c10-5-7-6-11-9-4-2-1-3-8(7)9/h1-4,7H,6H2/t7-/m1/s1. The zero-order valence-corrected chi connectivity index (χ0v) is 6.77. The van der Waals surface area contributed by atoms with Gasteiger partial charge in [-0.25, -0.2) is 0 Å². The fraction of sp³-hybridized carbons (Fsp3) is 0.222. The number of fused-ring (bicyclic) bond motifs is 1. The molecule has 0 N–H and O–H groups in total. The molecule has 2 heteroatoms. The van der Waals surface area contributed by atoms with Crippen molar-refractivity contribution in [3.63, 3.8) is 0 Å². The number of hydrogen-bond donors (Lipinski definition) is 0. The van der Waals surface area contributed by atoms with Crippen molar-refractivity contribution in [3.05, 3.63) is 29.8 Å². The van der Waals surface area contributed by atoms with Crippen LogP contribution >= 0.6 is 11.8 Å². The summed E-state index contributed by atoms with van der Waals surface area (Å²) in [5.41, 5.74) is 1.21. The Morgan fingerprint density at radius 1 is 1.45 bits per heavy atom. The molecule has 1 aliphatic heterocycles. The van der Waals surface area contributed by atoms with Gasteiger partial charge < -0.3 is 0 Å². The number of hydrogen-bond acceptors (Lipinski definition) is 2. The van der Waals surface area contributed by atoms with Gasteiger partial charge in [-0.1, -0.05) is 18.2 Å². The molecule has 0 radical (unpaired) electrons. The quantitative estimate of drug-likeness (QED) is 0.583. The summed E-state index contributed by atoms with van der Waals surface area (Å²) in [5.74, 6) is 1.05. The van der Waals surface area contributed by atoms with E-state index in [1.54, 1.807) is 11.8 Å². The molecule has 1 aliphatic rings. The highest BCUT2D eigenvalue weighted by atomic mass is 32.2. The minimum Gasteiger partial charge on any atom is -0.198 e. The highest BCUT2D eigenvalue weighted by Crippen LogP contribution is 2.38. The van der Waals surface area contributed by atoms with Crippen LogP contribution in [0, 0.1) is 11.3 Å². The van der Waals surface area contributed by atoms with Crippen LogP contribution in [0.3, 0.4) is 0 Å². The van der Waals surface area contributed by atoms with E-state index in [4.69, 9.17) is 5.26 Å². The fourth-order valence-corrected chi connectivity index (χ4v) is 2.42. The van der Waals surface area contributed by atoms with Crippen molar-refractivity contribution in [2.24, 2.45) is 0 Å². The lowest BCUT2D eigenvalue weighted by atomic mass is 10.0. The Kier molecular flexibility index (Phi) is 1.59. The van der Waals surface area contributed by atoms with Gasteiger partial charge in [0.2, 0.25) is 0 Å². The average Bonchev–Trinajstić information content (AvgIpc) is 2.47. The topological polar surface area (TPSA) is 23.8 Å². The molecule has 1 atom stereocenters. The van der Waals surface area contributed by atoms with Gasteiger partial charge in [0.1, 0.15) is 0 Å². The molecule has 0 saturated carbocycles. The van der Waals surface area contributed by atoms with Crippen molar-refractivity contribution >= 4 is 11.8 Å². The van der Waals surface area contributed by atoms with Crippen molar-refractivity contribution in [2.75, 3.05) is 5.75 Å². The van der Waals surface area contributed by atoms with Crippen LogP contribution in [0.15, 0.2) is 29.2 Å². The van der Waals surface area contributed by atoms with Gasteiger partial charge in [-0.3, -0.25) is 0 Å². The minimum absolute atomic E-state index is 0.121. The molecule has 0 bridgehead atoms. The summed E-state index contributed by atoms with van der Waals surface area (Å²) in [6.07, 6.45) is 0. The van der Waals surface area contributed by atoms with Crippen LogP contribution in [0.2, 0.25) is 0 Å². The number of rotatable bonds is 0. The number of thioether (sulfide) groups is 1. The Morgan fingerprint density at radius 3 is 3.09 bits per heavy atom. The molecule has 11 heavy (non-hydrogen) atoms. The maximum Gasteiger partial charge on any atom is 0.0817 e. The summed E-state index contributed by atoms with van der Waals surface area (Å²) in [6, 6.07) is 10.4. The van der Waals surface area contributed by atoms with Gasteiger partial charge in [-0.2, -0.15) is 5.26 Å².